The monoisotopic (exact) mass is 293 g/mol. The van der Waals surface area contributed by atoms with Crippen LogP contribution in [0.4, 0.5) is 0 Å². The molecular formula is C18H15NO3. The third kappa shape index (κ3) is 2.76. The molecule has 0 saturated heterocycles. The summed E-state index contributed by atoms with van der Waals surface area (Å²) in [6.07, 6.45) is 0. The van der Waals surface area contributed by atoms with Gasteiger partial charge in [-0.2, -0.15) is 0 Å². The summed E-state index contributed by atoms with van der Waals surface area (Å²) >= 11 is 0. The SMILES string of the molecule is C[C@H](NC(=O)c1cc(=O)c2ccccc2o1)c1ccccc1. The molecule has 3 rings (SSSR count). The second kappa shape index (κ2) is 5.85. The fourth-order valence-electron chi connectivity index (χ4n) is 2.31. The Morgan fingerprint density at radius 2 is 1.73 bits per heavy atom. The van der Waals surface area contributed by atoms with Gasteiger partial charge in [-0.1, -0.05) is 42.5 Å². The summed E-state index contributed by atoms with van der Waals surface area (Å²) in [5.41, 5.74) is 1.17. The van der Waals surface area contributed by atoms with Crippen molar-refractivity contribution in [1.29, 1.82) is 0 Å². The second-order valence-electron chi connectivity index (χ2n) is 5.08. The van der Waals surface area contributed by atoms with Crippen molar-refractivity contribution < 1.29 is 9.21 Å². The van der Waals surface area contributed by atoms with E-state index in [4.69, 9.17) is 4.42 Å². The molecule has 0 spiro atoms. The Kier molecular flexibility index (Phi) is 3.74. The Balaban J connectivity index is 1.88. The number of carbonyl (C=O) groups is 1. The van der Waals surface area contributed by atoms with Crippen molar-refractivity contribution in [1.82, 2.24) is 5.32 Å². The smallest absolute Gasteiger partial charge is 0.287 e. The Morgan fingerprint density at radius 1 is 1.05 bits per heavy atom. The number of hydrogen-bond donors (Lipinski definition) is 1. The van der Waals surface area contributed by atoms with Gasteiger partial charge in [-0.3, -0.25) is 9.59 Å². The predicted octanol–water partition coefficient (Wildman–Crippen LogP) is 3.28. The van der Waals surface area contributed by atoms with Crippen molar-refractivity contribution in [2.24, 2.45) is 0 Å². The van der Waals surface area contributed by atoms with Crippen LogP contribution in [0.3, 0.4) is 0 Å². The van der Waals surface area contributed by atoms with E-state index in [-0.39, 0.29) is 17.2 Å². The fraction of sp³-hybridized carbons (Fsp3) is 0.111. The highest BCUT2D eigenvalue weighted by molar-refractivity contribution is 5.93. The van der Waals surface area contributed by atoms with Crippen LogP contribution >= 0.6 is 0 Å². The lowest BCUT2D eigenvalue weighted by Gasteiger charge is -2.13. The second-order valence-corrected chi connectivity index (χ2v) is 5.08. The number of carbonyl (C=O) groups excluding carboxylic acids is 1. The van der Waals surface area contributed by atoms with E-state index >= 15 is 0 Å². The largest absolute Gasteiger partial charge is 0.451 e. The molecule has 0 unspecified atom stereocenters. The maximum absolute atomic E-state index is 12.3. The number of nitrogens with one attached hydrogen (secondary N) is 1. The molecule has 0 fully saturated rings. The van der Waals surface area contributed by atoms with Crippen LogP contribution in [0.2, 0.25) is 0 Å². The zero-order valence-electron chi connectivity index (χ0n) is 12.1. The molecule has 3 aromatic rings. The zero-order chi connectivity index (χ0) is 15.5. The van der Waals surface area contributed by atoms with Crippen LogP contribution in [0.15, 0.2) is 69.9 Å². The minimum absolute atomic E-state index is 0.0199. The van der Waals surface area contributed by atoms with E-state index < -0.39 is 5.91 Å². The fourth-order valence-corrected chi connectivity index (χ4v) is 2.31. The average molecular weight is 293 g/mol. The van der Waals surface area contributed by atoms with E-state index in [1.165, 1.54) is 6.07 Å². The molecule has 1 amide bonds. The van der Waals surface area contributed by atoms with Crippen molar-refractivity contribution in [2.75, 3.05) is 0 Å². The van der Waals surface area contributed by atoms with Crippen LogP contribution in [0.1, 0.15) is 29.1 Å². The minimum atomic E-state index is -0.404. The number of hydrogen-bond acceptors (Lipinski definition) is 3. The molecule has 0 bridgehead atoms. The highest BCUT2D eigenvalue weighted by atomic mass is 16.3. The molecule has 2 aromatic carbocycles. The van der Waals surface area contributed by atoms with Gasteiger partial charge in [0.15, 0.2) is 11.2 Å². The first-order valence-electron chi connectivity index (χ1n) is 7.04. The molecule has 0 aliphatic carbocycles. The number of fused-ring (bicyclic) bond motifs is 1. The summed E-state index contributed by atoms with van der Waals surface area (Å²) in [7, 11) is 0. The van der Waals surface area contributed by atoms with Gasteiger partial charge in [-0.25, -0.2) is 0 Å². The average Bonchev–Trinajstić information content (AvgIpc) is 2.55. The van der Waals surface area contributed by atoms with Gasteiger partial charge in [-0.05, 0) is 24.6 Å². The van der Waals surface area contributed by atoms with Crippen molar-refractivity contribution in [2.45, 2.75) is 13.0 Å². The van der Waals surface area contributed by atoms with Crippen LogP contribution in [-0.4, -0.2) is 5.91 Å². The Morgan fingerprint density at radius 3 is 2.50 bits per heavy atom. The summed E-state index contributed by atoms with van der Waals surface area (Å²) in [6, 6.07) is 17.5. The van der Waals surface area contributed by atoms with Crippen LogP contribution in [-0.2, 0) is 0 Å². The van der Waals surface area contributed by atoms with E-state index in [2.05, 4.69) is 5.32 Å². The highest BCUT2D eigenvalue weighted by Crippen LogP contribution is 2.14. The van der Waals surface area contributed by atoms with Gasteiger partial charge < -0.3 is 9.73 Å². The van der Waals surface area contributed by atoms with Gasteiger partial charge in [0.05, 0.1) is 11.4 Å². The normalized spacial score (nSPS) is 12.0. The van der Waals surface area contributed by atoms with Gasteiger partial charge in [0.2, 0.25) is 0 Å². The Bertz CT molecular complexity index is 868. The number of para-hydroxylation sites is 1. The van der Waals surface area contributed by atoms with E-state index in [1.807, 2.05) is 37.3 Å². The first kappa shape index (κ1) is 14.1. The molecule has 1 N–H and O–H groups in total. The van der Waals surface area contributed by atoms with Gasteiger partial charge in [0, 0.05) is 6.07 Å². The van der Waals surface area contributed by atoms with Crippen LogP contribution < -0.4 is 10.7 Å². The summed E-state index contributed by atoms with van der Waals surface area (Å²) in [5, 5.41) is 3.30. The Labute approximate surface area is 127 Å². The molecule has 1 atom stereocenters. The lowest BCUT2D eigenvalue weighted by atomic mass is 10.1. The summed E-state index contributed by atoms with van der Waals surface area (Å²) < 4.78 is 5.53. The van der Waals surface area contributed by atoms with Gasteiger partial charge in [-0.15, -0.1) is 0 Å². The molecule has 4 heteroatoms. The highest BCUT2D eigenvalue weighted by Gasteiger charge is 2.15. The van der Waals surface area contributed by atoms with Gasteiger partial charge >= 0.3 is 0 Å². The molecule has 22 heavy (non-hydrogen) atoms. The molecule has 0 aliphatic rings. The van der Waals surface area contributed by atoms with Gasteiger partial charge in [0.25, 0.3) is 5.91 Å². The molecule has 0 radical (unpaired) electrons. The first-order chi connectivity index (χ1) is 10.6. The van der Waals surface area contributed by atoms with Crippen LogP contribution in [0.5, 0.6) is 0 Å². The van der Waals surface area contributed by atoms with Crippen molar-refractivity contribution in [3.8, 4) is 0 Å². The van der Waals surface area contributed by atoms with E-state index in [1.54, 1.807) is 24.3 Å². The zero-order valence-corrected chi connectivity index (χ0v) is 12.1. The molecule has 1 heterocycles. The number of rotatable bonds is 3. The molecule has 0 aliphatic heterocycles. The third-order valence-electron chi connectivity index (χ3n) is 3.51. The van der Waals surface area contributed by atoms with E-state index in [0.29, 0.717) is 11.0 Å². The molecule has 110 valence electrons. The van der Waals surface area contributed by atoms with Crippen molar-refractivity contribution in [3.63, 3.8) is 0 Å². The Hall–Kier alpha value is -2.88. The summed E-state index contributed by atoms with van der Waals surface area (Å²) in [5.74, 6) is -0.384. The number of amides is 1. The minimum Gasteiger partial charge on any atom is -0.451 e. The topological polar surface area (TPSA) is 59.3 Å². The maximum Gasteiger partial charge on any atom is 0.287 e. The lowest BCUT2D eigenvalue weighted by Crippen LogP contribution is -2.27. The summed E-state index contributed by atoms with van der Waals surface area (Å²) in [6.45, 7) is 1.88. The quantitative estimate of drug-likeness (QED) is 0.806. The van der Waals surface area contributed by atoms with Crippen LogP contribution in [0.25, 0.3) is 11.0 Å². The molecule has 4 nitrogen and oxygen atoms in total. The standard InChI is InChI=1S/C18H15NO3/c1-12(13-7-3-2-4-8-13)19-18(21)17-11-15(20)14-9-5-6-10-16(14)22-17/h2-12H,1H3,(H,19,21)/t12-/m0/s1. The maximum atomic E-state index is 12.3. The lowest BCUT2D eigenvalue weighted by molar-refractivity contribution is 0.0912. The van der Waals surface area contributed by atoms with E-state index in [9.17, 15) is 9.59 Å². The number of benzene rings is 2. The van der Waals surface area contributed by atoms with Crippen LogP contribution in [0, 0.1) is 0 Å². The van der Waals surface area contributed by atoms with Gasteiger partial charge in [0.1, 0.15) is 5.58 Å². The third-order valence-corrected chi connectivity index (χ3v) is 3.51. The molecular weight excluding hydrogens is 278 g/mol. The predicted molar refractivity (Wildman–Crippen MR) is 84.8 cm³/mol. The van der Waals surface area contributed by atoms with Crippen molar-refractivity contribution in [3.05, 3.63) is 82.2 Å². The van der Waals surface area contributed by atoms with E-state index in [0.717, 1.165) is 5.56 Å². The summed E-state index contributed by atoms with van der Waals surface area (Å²) in [4.78, 5) is 24.3. The molecule has 1 aromatic heterocycles. The van der Waals surface area contributed by atoms with Crippen molar-refractivity contribution >= 4 is 16.9 Å². The first-order valence-corrected chi connectivity index (χ1v) is 7.04. The molecule has 0 saturated carbocycles.